The zero-order chi connectivity index (χ0) is 22.0. The topological polar surface area (TPSA) is 61.4 Å². The van der Waals surface area contributed by atoms with E-state index in [1.807, 2.05) is 61.5 Å². The summed E-state index contributed by atoms with van der Waals surface area (Å²) in [5.41, 5.74) is 4.53. The minimum atomic E-state index is -0.316. The number of Topliss-reactive ketones (excluding diaryl/α,β-unsaturated/α-hetero) is 1. The fraction of sp³-hybridized carbons (Fsp3) is 0.385. The van der Waals surface area contributed by atoms with Gasteiger partial charge in [0.15, 0.2) is 5.78 Å². The number of para-hydroxylation sites is 2. The van der Waals surface area contributed by atoms with Crippen LogP contribution in [-0.2, 0) is 9.59 Å². The molecule has 2 aliphatic rings. The molecule has 1 aliphatic heterocycles. The molecule has 2 N–H and O–H groups in total. The van der Waals surface area contributed by atoms with Crippen molar-refractivity contribution in [1.29, 1.82) is 0 Å². The molecule has 0 saturated heterocycles. The van der Waals surface area contributed by atoms with Crippen LogP contribution >= 0.6 is 0 Å². The van der Waals surface area contributed by atoms with Gasteiger partial charge in [0.05, 0.1) is 24.0 Å². The minimum Gasteiger partial charge on any atom is -0.357 e. The lowest BCUT2D eigenvalue weighted by Gasteiger charge is -2.37. The molecule has 0 saturated carbocycles. The van der Waals surface area contributed by atoms with Crippen LogP contribution in [0.1, 0.15) is 51.6 Å². The number of hydrogen-bond acceptors (Lipinski definition) is 4. The Morgan fingerprint density at radius 3 is 2.55 bits per heavy atom. The van der Waals surface area contributed by atoms with Crippen LogP contribution in [0.3, 0.4) is 0 Å². The average molecular weight is 418 g/mol. The van der Waals surface area contributed by atoms with Crippen LogP contribution in [-0.4, -0.2) is 24.8 Å². The fourth-order valence-corrected chi connectivity index (χ4v) is 4.68. The van der Waals surface area contributed by atoms with E-state index in [0.717, 1.165) is 41.1 Å². The van der Waals surface area contributed by atoms with Crippen molar-refractivity contribution in [1.82, 2.24) is 5.32 Å². The number of fused-ring (bicyclic) bond motifs is 1. The molecule has 31 heavy (non-hydrogen) atoms. The predicted molar refractivity (Wildman–Crippen MR) is 125 cm³/mol. The van der Waals surface area contributed by atoms with Gasteiger partial charge in [-0.05, 0) is 36.0 Å². The monoisotopic (exact) mass is 417 g/mol. The second kappa shape index (κ2) is 8.58. The van der Waals surface area contributed by atoms with E-state index in [1.165, 1.54) is 0 Å². The average Bonchev–Trinajstić information content (AvgIpc) is 2.86. The van der Waals surface area contributed by atoms with Crippen LogP contribution in [0.5, 0.6) is 0 Å². The summed E-state index contributed by atoms with van der Waals surface area (Å²) in [5.74, 6) is 0.115. The standard InChI is InChI=1S/C26H31N3O2/c1-4-14-27-23(31)17-29-21-13-9-8-12-19(21)28-20-15-26(2,3)16-22(30)24(20)25(29)18-10-6-5-7-11-18/h5-13,25,28H,4,14-17H2,1-3H3,(H,27,31)/t25-/m0/s1. The number of hydrogen-bond donors (Lipinski definition) is 2. The van der Waals surface area contributed by atoms with Gasteiger partial charge >= 0.3 is 0 Å². The number of nitrogens with zero attached hydrogens (tertiary/aromatic N) is 1. The molecule has 5 nitrogen and oxygen atoms in total. The summed E-state index contributed by atoms with van der Waals surface area (Å²) in [7, 11) is 0. The van der Waals surface area contributed by atoms with Crippen LogP contribution in [0.15, 0.2) is 65.9 Å². The van der Waals surface area contributed by atoms with Gasteiger partial charge in [0.1, 0.15) is 0 Å². The van der Waals surface area contributed by atoms with Crippen molar-refractivity contribution >= 4 is 23.1 Å². The molecule has 0 fully saturated rings. The zero-order valence-electron chi connectivity index (χ0n) is 18.6. The smallest absolute Gasteiger partial charge is 0.239 e. The maximum Gasteiger partial charge on any atom is 0.239 e. The molecule has 0 radical (unpaired) electrons. The Hall–Kier alpha value is -3.08. The molecule has 0 unspecified atom stereocenters. The Morgan fingerprint density at radius 1 is 1.10 bits per heavy atom. The first kappa shape index (κ1) is 21.2. The number of benzene rings is 2. The lowest BCUT2D eigenvalue weighted by molar-refractivity contribution is -0.120. The molecule has 0 spiro atoms. The summed E-state index contributed by atoms with van der Waals surface area (Å²) >= 11 is 0. The molecule has 162 valence electrons. The highest BCUT2D eigenvalue weighted by molar-refractivity contribution is 6.01. The molecule has 0 aromatic heterocycles. The molecule has 0 bridgehead atoms. The molecule has 1 heterocycles. The van der Waals surface area contributed by atoms with Gasteiger partial charge in [-0.2, -0.15) is 0 Å². The van der Waals surface area contributed by atoms with Crippen molar-refractivity contribution in [3.63, 3.8) is 0 Å². The van der Waals surface area contributed by atoms with Crippen LogP contribution in [0.2, 0.25) is 0 Å². The van der Waals surface area contributed by atoms with Crippen LogP contribution < -0.4 is 15.5 Å². The Morgan fingerprint density at radius 2 is 1.81 bits per heavy atom. The van der Waals surface area contributed by atoms with E-state index in [9.17, 15) is 9.59 Å². The first-order chi connectivity index (χ1) is 14.9. The Kier molecular flexibility index (Phi) is 5.86. The number of rotatable bonds is 5. The molecule has 4 rings (SSSR count). The van der Waals surface area contributed by atoms with Crippen molar-refractivity contribution in [2.24, 2.45) is 5.41 Å². The van der Waals surface area contributed by atoms with Gasteiger partial charge in [-0.1, -0.05) is 63.2 Å². The van der Waals surface area contributed by atoms with Crippen molar-refractivity contribution in [2.45, 2.75) is 46.1 Å². The number of carbonyl (C=O) groups excluding carboxylic acids is 2. The first-order valence-corrected chi connectivity index (χ1v) is 11.1. The normalized spacial score (nSPS) is 19.8. The van der Waals surface area contributed by atoms with Crippen LogP contribution in [0, 0.1) is 5.41 Å². The highest BCUT2D eigenvalue weighted by Gasteiger charge is 2.41. The van der Waals surface area contributed by atoms with Crippen molar-refractivity contribution in [3.8, 4) is 0 Å². The molecule has 1 amide bonds. The van der Waals surface area contributed by atoms with Crippen LogP contribution in [0.4, 0.5) is 11.4 Å². The SMILES string of the molecule is CCCNC(=O)CN1c2ccccc2NC2=C(C(=O)CC(C)(C)C2)[C@@H]1c1ccccc1. The third-order valence-electron chi connectivity index (χ3n) is 6.01. The number of anilines is 2. The molecule has 5 heteroatoms. The third-order valence-corrected chi connectivity index (χ3v) is 6.01. The van der Waals surface area contributed by atoms with E-state index in [1.54, 1.807) is 0 Å². The second-order valence-corrected chi connectivity index (χ2v) is 9.27. The number of ketones is 1. The Bertz CT molecular complexity index is 1010. The number of carbonyl (C=O) groups is 2. The zero-order valence-corrected chi connectivity index (χ0v) is 18.6. The lowest BCUT2D eigenvalue weighted by Crippen LogP contribution is -2.42. The molecule has 1 aliphatic carbocycles. The van der Waals surface area contributed by atoms with Crippen LogP contribution in [0.25, 0.3) is 0 Å². The van der Waals surface area contributed by atoms with Gasteiger partial charge in [0.25, 0.3) is 0 Å². The van der Waals surface area contributed by atoms with Gasteiger partial charge in [-0.3, -0.25) is 9.59 Å². The third kappa shape index (κ3) is 4.36. The highest BCUT2D eigenvalue weighted by Crippen LogP contribution is 2.48. The van der Waals surface area contributed by atoms with E-state index < -0.39 is 0 Å². The second-order valence-electron chi connectivity index (χ2n) is 9.27. The van der Waals surface area contributed by atoms with E-state index >= 15 is 0 Å². The summed E-state index contributed by atoms with van der Waals surface area (Å²) in [5, 5.41) is 6.58. The molecule has 2 aromatic carbocycles. The summed E-state index contributed by atoms with van der Waals surface area (Å²) < 4.78 is 0. The highest BCUT2D eigenvalue weighted by atomic mass is 16.2. The molecule has 2 aromatic rings. The summed E-state index contributed by atoms with van der Waals surface area (Å²) in [6.45, 7) is 7.15. The van der Waals surface area contributed by atoms with Crippen molar-refractivity contribution in [2.75, 3.05) is 23.3 Å². The predicted octanol–water partition coefficient (Wildman–Crippen LogP) is 4.83. The van der Waals surface area contributed by atoms with E-state index in [-0.39, 0.29) is 29.7 Å². The number of allylic oxidation sites excluding steroid dienone is 1. The summed E-state index contributed by atoms with van der Waals surface area (Å²) in [6, 6.07) is 17.8. The molecule has 1 atom stereocenters. The Labute approximate surface area is 184 Å². The lowest BCUT2D eigenvalue weighted by atomic mass is 9.73. The summed E-state index contributed by atoms with van der Waals surface area (Å²) in [4.78, 5) is 28.4. The Balaban J connectivity index is 1.89. The van der Waals surface area contributed by atoms with E-state index in [0.29, 0.717) is 13.0 Å². The summed E-state index contributed by atoms with van der Waals surface area (Å²) in [6.07, 6.45) is 2.18. The van der Waals surface area contributed by atoms with Gasteiger partial charge in [0.2, 0.25) is 5.91 Å². The number of amides is 1. The van der Waals surface area contributed by atoms with Gasteiger partial charge in [-0.15, -0.1) is 0 Å². The van der Waals surface area contributed by atoms with Crippen molar-refractivity contribution in [3.05, 3.63) is 71.4 Å². The maximum atomic E-state index is 13.5. The largest absolute Gasteiger partial charge is 0.357 e. The first-order valence-electron chi connectivity index (χ1n) is 11.1. The molecular weight excluding hydrogens is 386 g/mol. The number of nitrogens with one attached hydrogen (secondary N) is 2. The molecular formula is C26H31N3O2. The minimum absolute atomic E-state index is 0.0368. The quantitative estimate of drug-likeness (QED) is 0.732. The maximum absolute atomic E-state index is 13.5. The van der Waals surface area contributed by atoms with Crippen molar-refractivity contribution < 1.29 is 9.59 Å². The van der Waals surface area contributed by atoms with Gasteiger partial charge in [-0.25, -0.2) is 0 Å². The van der Waals surface area contributed by atoms with E-state index in [2.05, 4.69) is 29.4 Å². The van der Waals surface area contributed by atoms with Gasteiger partial charge < -0.3 is 15.5 Å². The van der Waals surface area contributed by atoms with E-state index in [4.69, 9.17) is 0 Å². The fourth-order valence-electron chi connectivity index (χ4n) is 4.68. The van der Waals surface area contributed by atoms with Gasteiger partial charge in [0, 0.05) is 24.2 Å².